The van der Waals surface area contributed by atoms with E-state index in [9.17, 15) is 14.3 Å². The Balaban J connectivity index is 1.48. The summed E-state index contributed by atoms with van der Waals surface area (Å²) in [5.74, 6) is -0.814. The smallest absolute Gasteiger partial charge is 0.286 e. The lowest BCUT2D eigenvalue weighted by molar-refractivity contribution is -0.113. The zero-order valence-corrected chi connectivity index (χ0v) is 15.3. The summed E-state index contributed by atoms with van der Waals surface area (Å²) >= 11 is 1.32. The molecule has 2 fully saturated rings. The molecule has 3 heterocycles. The molecule has 2 saturated heterocycles. The third kappa shape index (κ3) is 3.64. The number of halogens is 1. The van der Waals surface area contributed by atoms with Crippen LogP contribution in [0.1, 0.15) is 31.2 Å². The largest absolute Gasteiger partial charge is 0.507 e. The van der Waals surface area contributed by atoms with Crippen LogP contribution in [0.3, 0.4) is 0 Å². The number of carbonyl (C=O) groups is 1. The van der Waals surface area contributed by atoms with Crippen molar-refractivity contribution >= 4 is 28.9 Å². The van der Waals surface area contributed by atoms with Crippen molar-refractivity contribution < 1.29 is 14.3 Å². The van der Waals surface area contributed by atoms with Gasteiger partial charge in [0.05, 0.1) is 4.91 Å². The number of amides is 1. The minimum atomic E-state index is -0.448. The standard InChI is InChI=1S/C19H22FN3O2S/c20-14-5-6-16(24)13(10-14)11-17-18(25)21-19(26-17)23-9-3-4-15(23)12-22-7-1-2-8-22/h5-6,10-11,15,24H,1-4,7-9,12H2/b17-11-/t15-/m0/s1. The molecule has 3 aliphatic rings. The van der Waals surface area contributed by atoms with Gasteiger partial charge in [0, 0.05) is 24.7 Å². The molecule has 1 amide bonds. The van der Waals surface area contributed by atoms with E-state index >= 15 is 0 Å². The Morgan fingerprint density at radius 1 is 1.27 bits per heavy atom. The van der Waals surface area contributed by atoms with Gasteiger partial charge in [-0.1, -0.05) is 0 Å². The molecule has 1 aromatic carbocycles. The van der Waals surface area contributed by atoms with Gasteiger partial charge in [0.1, 0.15) is 11.6 Å². The van der Waals surface area contributed by atoms with Gasteiger partial charge in [-0.2, -0.15) is 4.99 Å². The molecule has 1 aromatic rings. The Hall–Kier alpha value is -1.86. The van der Waals surface area contributed by atoms with Crippen LogP contribution in [0.4, 0.5) is 4.39 Å². The highest BCUT2D eigenvalue weighted by atomic mass is 32.2. The van der Waals surface area contributed by atoms with Crippen molar-refractivity contribution in [1.82, 2.24) is 9.80 Å². The van der Waals surface area contributed by atoms with Crippen LogP contribution in [0, 0.1) is 5.82 Å². The van der Waals surface area contributed by atoms with Crippen LogP contribution in [0.5, 0.6) is 5.75 Å². The second kappa shape index (κ2) is 7.40. The molecule has 1 atom stereocenters. The Kier molecular flexibility index (Phi) is 5.00. The molecule has 1 N–H and O–H groups in total. The number of aromatic hydroxyl groups is 1. The van der Waals surface area contributed by atoms with Crippen molar-refractivity contribution in [3.63, 3.8) is 0 Å². The van der Waals surface area contributed by atoms with E-state index in [0.29, 0.717) is 16.5 Å². The molecule has 0 aromatic heterocycles. The van der Waals surface area contributed by atoms with Gasteiger partial charge < -0.3 is 14.9 Å². The van der Waals surface area contributed by atoms with E-state index in [1.165, 1.54) is 48.9 Å². The summed E-state index contributed by atoms with van der Waals surface area (Å²) in [6, 6.07) is 4.10. The molecule has 0 aliphatic carbocycles. The van der Waals surface area contributed by atoms with Gasteiger partial charge in [-0.3, -0.25) is 4.79 Å². The number of nitrogens with zero attached hydrogens (tertiary/aromatic N) is 3. The van der Waals surface area contributed by atoms with Crippen LogP contribution in [-0.2, 0) is 4.79 Å². The summed E-state index contributed by atoms with van der Waals surface area (Å²) in [6.07, 6.45) is 6.29. The summed E-state index contributed by atoms with van der Waals surface area (Å²) < 4.78 is 13.4. The molecule has 0 bridgehead atoms. The second-order valence-electron chi connectivity index (χ2n) is 7.01. The lowest BCUT2D eigenvalue weighted by atomic mass is 10.2. The van der Waals surface area contributed by atoms with Gasteiger partial charge in [-0.15, -0.1) is 0 Å². The Bertz CT molecular complexity index is 774. The van der Waals surface area contributed by atoms with E-state index in [-0.39, 0.29) is 11.7 Å². The number of benzene rings is 1. The number of thioether (sulfide) groups is 1. The molecule has 0 spiro atoms. The maximum Gasteiger partial charge on any atom is 0.286 e. The van der Waals surface area contributed by atoms with Gasteiger partial charge in [-0.25, -0.2) is 4.39 Å². The van der Waals surface area contributed by atoms with Crippen LogP contribution in [-0.4, -0.2) is 58.2 Å². The van der Waals surface area contributed by atoms with Crippen molar-refractivity contribution in [2.24, 2.45) is 4.99 Å². The molecule has 138 valence electrons. The predicted molar refractivity (Wildman–Crippen MR) is 101 cm³/mol. The van der Waals surface area contributed by atoms with E-state index in [0.717, 1.165) is 44.2 Å². The highest BCUT2D eigenvalue weighted by molar-refractivity contribution is 8.18. The quantitative estimate of drug-likeness (QED) is 0.823. The lowest BCUT2D eigenvalue weighted by Gasteiger charge is -2.29. The van der Waals surface area contributed by atoms with E-state index < -0.39 is 5.82 Å². The minimum Gasteiger partial charge on any atom is -0.507 e. The molecular formula is C19H22FN3O2S. The highest BCUT2D eigenvalue weighted by Gasteiger charge is 2.34. The third-order valence-corrected chi connectivity index (χ3v) is 6.20. The number of hydrogen-bond acceptors (Lipinski definition) is 5. The molecule has 5 nitrogen and oxygen atoms in total. The molecule has 7 heteroatoms. The van der Waals surface area contributed by atoms with Crippen LogP contribution in [0.15, 0.2) is 28.1 Å². The summed E-state index contributed by atoms with van der Waals surface area (Å²) in [5, 5.41) is 10.6. The van der Waals surface area contributed by atoms with Crippen LogP contribution in [0.2, 0.25) is 0 Å². The second-order valence-corrected chi connectivity index (χ2v) is 8.02. The van der Waals surface area contributed by atoms with E-state index in [1.807, 2.05) is 0 Å². The number of aliphatic imine (C=N–C) groups is 1. The zero-order valence-electron chi connectivity index (χ0n) is 14.5. The fourth-order valence-electron chi connectivity index (χ4n) is 3.84. The fraction of sp³-hybridized carbons (Fsp3) is 0.474. The number of rotatable bonds is 3. The van der Waals surface area contributed by atoms with Gasteiger partial charge in [0.15, 0.2) is 5.17 Å². The van der Waals surface area contributed by atoms with Crippen molar-refractivity contribution in [3.8, 4) is 5.75 Å². The topological polar surface area (TPSA) is 56.1 Å². The summed E-state index contributed by atoms with van der Waals surface area (Å²) in [7, 11) is 0. The first kappa shape index (κ1) is 17.5. The van der Waals surface area contributed by atoms with Gasteiger partial charge in [0.2, 0.25) is 0 Å². The average molecular weight is 375 g/mol. The maximum absolute atomic E-state index is 13.4. The summed E-state index contributed by atoms with van der Waals surface area (Å²) in [5.41, 5.74) is 0.298. The summed E-state index contributed by atoms with van der Waals surface area (Å²) in [4.78, 5) is 21.7. The van der Waals surface area contributed by atoms with E-state index in [2.05, 4.69) is 14.8 Å². The Morgan fingerprint density at radius 3 is 2.88 bits per heavy atom. The molecule has 4 rings (SSSR count). The molecule has 0 radical (unpaired) electrons. The monoisotopic (exact) mass is 375 g/mol. The highest BCUT2D eigenvalue weighted by Crippen LogP contribution is 2.35. The van der Waals surface area contributed by atoms with Gasteiger partial charge in [0.25, 0.3) is 5.91 Å². The third-order valence-electron chi connectivity index (χ3n) is 5.18. The molecule has 3 aliphatic heterocycles. The van der Waals surface area contributed by atoms with Crippen LogP contribution in [0.25, 0.3) is 6.08 Å². The van der Waals surface area contributed by atoms with Gasteiger partial charge >= 0.3 is 0 Å². The zero-order chi connectivity index (χ0) is 18.1. The number of phenolic OH excluding ortho intramolecular Hbond substituents is 1. The fourth-order valence-corrected chi connectivity index (χ4v) is 4.85. The predicted octanol–water partition coefficient (Wildman–Crippen LogP) is 3.06. The number of amidine groups is 1. The maximum atomic E-state index is 13.4. The SMILES string of the molecule is O=C1N=C(N2CCC[C@H]2CN2CCCC2)S/C1=C\c1cc(F)ccc1O. The Morgan fingerprint density at radius 2 is 2.08 bits per heavy atom. The lowest BCUT2D eigenvalue weighted by Crippen LogP contribution is -2.41. The van der Waals surface area contributed by atoms with E-state index in [4.69, 9.17) is 0 Å². The number of carbonyl (C=O) groups excluding carboxylic acids is 1. The first-order valence-electron chi connectivity index (χ1n) is 9.10. The molecule has 0 saturated carbocycles. The first-order chi connectivity index (χ1) is 12.6. The number of hydrogen-bond donors (Lipinski definition) is 1. The van der Waals surface area contributed by atoms with Crippen molar-refractivity contribution in [3.05, 3.63) is 34.5 Å². The number of phenols is 1. The normalized spacial score (nSPS) is 25.5. The van der Waals surface area contributed by atoms with Crippen molar-refractivity contribution in [2.75, 3.05) is 26.2 Å². The Labute approximate surface area is 156 Å². The van der Waals surface area contributed by atoms with E-state index in [1.54, 1.807) is 0 Å². The van der Waals surface area contributed by atoms with Crippen molar-refractivity contribution in [2.45, 2.75) is 31.7 Å². The molecule has 26 heavy (non-hydrogen) atoms. The van der Waals surface area contributed by atoms with Crippen molar-refractivity contribution in [1.29, 1.82) is 0 Å². The minimum absolute atomic E-state index is 0.0474. The molecule has 0 unspecified atom stereocenters. The van der Waals surface area contributed by atoms with Crippen LogP contribution >= 0.6 is 11.8 Å². The summed E-state index contributed by atoms with van der Waals surface area (Å²) in [6.45, 7) is 4.26. The van der Waals surface area contributed by atoms with Crippen LogP contribution < -0.4 is 0 Å². The van der Waals surface area contributed by atoms with Gasteiger partial charge in [-0.05, 0) is 74.8 Å². The molecular weight excluding hydrogens is 353 g/mol. The average Bonchev–Trinajstić information content (AvgIpc) is 3.34. The first-order valence-corrected chi connectivity index (χ1v) is 9.92. The number of likely N-dealkylation sites (tertiary alicyclic amines) is 2.